The monoisotopic (exact) mass is 1330 g/mol. The molecule has 15 nitrogen and oxygen atoms in total. The minimum atomic E-state index is -1.66. The number of carbonyl (C=O) groups excluding carboxylic acids is 5. The zero-order chi connectivity index (χ0) is 62.8. The Kier molecular flexibility index (Phi) is 19.7. The third-order valence-corrected chi connectivity index (χ3v) is 20.8. The van der Waals surface area contributed by atoms with Crippen molar-refractivity contribution in [3.8, 4) is 0 Å². The largest absolute Gasteiger partial charge is 0.480 e. The Hall–Kier alpha value is -5.23. The van der Waals surface area contributed by atoms with Crippen LogP contribution in [0.2, 0.25) is 20.1 Å². The van der Waals surface area contributed by atoms with Gasteiger partial charge in [0.05, 0.1) is 80.4 Å². The highest BCUT2D eigenvalue weighted by atomic mass is 35.5. The van der Waals surface area contributed by atoms with Gasteiger partial charge in [0.15, 0.2) is 0 Å². The molecule has 10 N–H and O–H groups in total. The van der Waals surface area contributed by atoms with Crippen LogP contribution in [0, 0.1) is 39.7 Å². The number of carbonyl (C=O) groups is 6. The Morgan fingerprint density at radius 2 is 1.10 bits per heavy atom. The Balaban J connectivity index is 0.000000181. The van der Waals surface area contributed by atoms with Crippen LogP contribution in [-0.4, -0.2) is 110 Å². The third kappa shape index (κ3) is 11.4. The van der Waals surface area contributed by atoms with E-state index < -0.39 is 118 Å². The minimum Gasteiger partial charge on any atom is -0.480 e. The first-order valence-electron chi connectivity index (χ1n) is 28.8. The molecule has 0 aromatic heterocycles. The van der Waals surface area contributed by atoms with E-state index in [9.17, 15) is 51.4 Å². The summed E-state index contributed by atoms with van der Waals surface area (Å²) < 4.78 is 98.8. The van der Waals surface area contributed by atoms with E-state index in [2.05, 4.69) is 16.0 Å². The summed E-state index contributed by atoms with van der Waals surface area (Å²) in [7, 11) is 0. The number of amides is 4. The van der Waals surface area contributed by atoms with Gasteiger partial charge in [-0.25, -0.2) is 8.78 Å². The number of carboxylic acid groups (broad SMARTS) is 1. The quantitative estimate of drug-likeness (QED) is 0.0584. The molecule has 1 unspecified atom stereocenters. The van der Waals surface area contributed by atoms with Gasteiger partial charge in [0.2, 0.25) is 23.6 Å². The predicted molar refractivity (Wildman–Crippen MR) is 321 cm³/mol. The van der Waals surface area contributed by atoms with Crippen LogP contribution in [0.3, 0.4) is 0 Å². The number of hydrogen-bond donors (Lipinski definition) is 7. The van der Waals surface area contributed by atoms with Crippen molar-refractivity contribution in [2.45, 2.75) is 130 Å². The SMILES string of the molecule is Cl.NC(=O)C[C@@H]1CC[C@@H](CC(=O)[C@@H]2CC3(CC(CF)(CF)C3)[C@@]3(C(=O)Nc4cc(Cl)ccc43)[C@H]2c2cccc(Cl)c2F)CO1.NC(=O)C[C@@H]1CC[C@@H](N)CO1.O=C(O)[C@@H]1NC2(CC(CF)(CF)C2)C2(C(=O)Nc3cc(Cl)ccc32)[C@H]1c1cccc(Cl)c1F. The van der Waals surface area contributed by atoms with Gasteiger partial charge in [0.1, 0.15) is 28.9 Å². The molecular weight excluding hydrogens is 1260 g/mol. The van der Waals surface area contributed by atoms with Crippen LogP contribution in [0.1, 0.15) is 111 Å². The number of carboxylic acids is 1. The van der Waals surface area contributed by atoms with Gasteiger partial charge in [-0.2, -0.15) is 0 Å². The molecule has 10 atom stereocenters. The topological polar surface area (TPSA) is 255 Å². The molecule has 4 aromatic rings. The maximum absolute atomic E-state index is 16.0. The molecule has 5 aliphatic heterocycles. The number of anilines is 2. The fourth-order valence-corrected chi connectivity index (χ4v) is 17.1. The van der Waals surface area contributed by atoms with Gasteiger partial charge in [-0.1, -0.05) is 82.8 Å². The van der Waals surface area contributed by atoms with E-state index in [1.165, 1.54) is 30.3 Å². The number of ether oxygens (including phenoxy) is 2. The zero-order valence-corrected chi connectivity index (χ0v) is 51.2. The molecule has 3 aliphatic carbocycles. The highest BCUT2D eigenvalue weighted by Gasteiger charge is 2.79. The van der Waals surface area contributed by atoms with Crippen LogP contribution in [-0.2, 0) is 49.1 Å². The number of ketones is 1. The number of Topliss-reactive ketones (excluding diaryl/α,β-unsaturated/α-hetero) is 1. The van der Waals surface area contributed by atoms with Gasteiger partial charge in [0, 0.05) is 68.0 Å². The summed E-state index contributed by atoms with van der Waals surface area (Å²) in [5.41, 5.74) is 9.62. The number of alkyl halides is 4. The van der Waals surface area contributed by atoms with Gasteiger partial charge in [-0.15, -0.1) is 12.4 Å². The molecule has 4 aromatic carbocycles. The number of hydrogen-bond acceptors (Lipinski definition) is 10. The summed E-state index contributed by atoms with van der Waals surface area (Å²) in [4.78, 5) is 76.6. The van der Waals surface area contributed by atoms with E-state index in [4.69, 9.17) is 73.1 Å². The summed E-state index contributed by atoms with van der Waals surface area (Å²) in [5.74, 6) is -8.03. The van der Waals surface area contributed by atoms with Crippen LogP contribution < -0.4 is 33.2 Å². The first kappa shape index (κ1) is 67.2. The van der Waals surface area contributed by atoms with Gasteiger partial charge in [-0.05, 0) is 128 Å². The van der Waals surface area contributed by atoms with Crippen molar-refractivity contribution < 1.29 is 69.7 Å². The van der Waals surface area contributed by atoms with Crippen molar-refractivity contribution in [3.63, 3.8) is 0 Å². The molecule has 8 aliphatic rings. The second-order valence-electron chi connectivity index (χ2n) is 25.2. The number of rotatable bonds is 14. The molecule has 12 rings (SSSR count). The summed E-state index contributed by atoms with van der Waals surface area (Å²) in [5, 5.41) is 19.1. The lowest BCUT2D eigenvalue weighted by Gasteiger charge is -2.59. The van der Waals surface area contributed by atoms with E-state index in [-0.39, 0.29) is 121 Å². The summed E-state index contributed by atoms with van der Waals surface area (Å²) in [6, 6.07) is 17.0. The first-order valence-corrected chi connectivity index (χ1v) is 30.3. The molecule has 476 valence electrons. The molecule has 26 heteroatoms. The second-order valence-corrected chi connectivity index (χ2v) is 26.9. The smallest absolute Gasteiger partial charge is 0.321 e. The standard InChI is InChI=1S/C32H33Cl2F3N2O4.C23H19Cl2F3N2O3.C7H14N2O2.ClH/c33-18-5-7-22-24(9-18)39-29(42)32(22)27(20-2-1-3-23(34)28(20)37)21(11-31(32)13-30(14-31,15-35)16-36)25(40)8-17-4-6-19(43-12-17)10-26(38)41;24-11-4-5-13-15(6-11)29-20(33)23(13)16(12-2-1-3-14(25)17(12)28)18(19(31)32)30-22(23)7-21(8-22,9-26)10-27;8-5-1-2-6(11-4-5)3-7(9)10;/h1-3,5,7,9,17,19,21,27H,4,6,8,10-16H2,(H2,38,41)(H,39,42);1-6,16,18,30H,7-10H2,(H,29,33)(H,31,32);5-6H,1-4,8H2,(H2,9,10);1H/t17-,19-,21-,27-,32+;16-,18+,23?;5-,6+;/m001./s1. The molecule has 3 saturated heterocycles. The Morgan fingerprint density at radius 1 is 0.625 bits per heavy atom. The van der Waals surface area contributed by atoms with Gasteiger partial charge < -0.3 is 42.4 Å². The van der Waals surface area contributed by atoms with Crippen molar-refractivity contribution in [2.75, 3.05) is 50.5 Å². The number of nitrogens with two attached hydrogens (primary N) is 3. The minimum absolute atomic E-state index is 0. The number of fused-ring (bicyclic) bond motifs is 6. The van der Waals surface area contributed by atoms with Crippen molar-refractivity contribution in [3.05, 3.63) is 127 Å². The average Bonchev–Trinajstić information content (AvgIpc) is 1.48. The fraction of sp³-hybridized carbons (Fsp3) is 0.516. The Morgan fingerprint density at radius 3 is 1.57 bits per heavy atom. The van der Waals surface area contributed by atoms with E-state index in [0.717, 1.165) is 12.8 Å². The van der Waals surface area contributed by atoms with E-state index in [1.54, 1.807) is 42.5 Å². The molecule has 3 saturated carbocycles. The van der Waals surface area contributed by atoms with E-state index in [0.29, 0.717) is 58.4 Å². The van der Waals surface area contributed by atoms with Crippen LogP contribution >= 0.6 is 58.8 Å². The molecule has 0 bridgehead atoms. The fourth-order valence-electron chi connectivity index (χ4n) is 16.4. The Labute approximate surface area is 529 Å². The third-order valence-electron chi connectivity index (χ3n) is 19.8. The van der Waals surface area contributed by atoms with Crippen molar-refractivity contribution >= 4 is 106 Å². The lowest BCUT2D eigenvalue weighted by atomic mass is 9.43. The van der Waals surface area contributed by atoms with E-state index >= 15 is 8.78 Å². The molecule has 88 heavy (non-hydrogen) atoms. The first-order chi connectivity index (χ1) is 41.3. The number of nitrogens with one attached hydrogen (secondary N) is 3. The number of primary amides is 2. The van der Waals surface area contributed by atoms with Crippen LogP contribution in [0.5, 0.6) is 0 Å². The summed E-state index contributed by atoms with van der Waals surface area (Å²) >= 11 is 24.7. The lowest BCUT2D eigenvalue weighted by Crippen LogP contribution is -2.70. The zero-order valence-electron chi connectivity index (χ0n) is 47.4. The van der Waals surface area contributed by atoms with E-state index in [1.807, 2.05) is 0 Å². The number of benzene rings is 4. The maximum Gasteiger partial charge on any atom is 0.321 e. The summed E-state index contributed by atoms with van der Waals surface area (Å²) in [6.45, 7) is -2.93. The molecular formula is C62H67Cl5F6N6O9. The average molecular weight is 1330 g/mol. The van der Waals surface area contributed by atoms with Crippen molar-refractivity contribution in [2.24, 2.45) is 45.3 Å². The summed E-state index contributed by atoms with van der Waals surface area (Å²) in [6.07, 6.45) is 3.20. The normalized spacial score (nSPS) is 29.4. The predicted octanol–water partition coefficient (Wildman–Crippen LogP) is 10.9. The van der Waals surface area contributed by atoms with Crippen LogP contribution in [0.25, 0.3) is 0 Å². The maximum atomic E-state index is 16.0. The lowest BCUT2D eigenvalue weighted by molar-refractivity contribution is -0.143. The molecule has 5 heterocycles. The highest BCUT2D eigenvalue weighted by Crippen LogP contribution is 2.77. The van der Waals surface area contributed by atoms with Gasteiger partial charge in [-0.3, -0.25) is 51.6 Å². The second kappa shape index (κ2) is 25.8. The molecule has 0 radical (unpaired) electrons. The molecule has 4 amide bonds. The van der Waals surface area contributed by atoms with Crippen LogP contribution in [0.4, 0.5) is 37.7 Å². The number of aliphatic carboxylic acids is 1. The van der Waals surface area contributed by atoms with Gasteiger partial charge in [0.25, 0.3) is 0 Å². The highest BCUT2D eigenvalue weighted by molar-refractivity contribution is 6.32. The van der Waals surface area contributed by atoms with Crippen molar-refractivity contribution in [1.82, 2.24) is 5.32 Å². The van der Waals surface area contributed by atoms with Gasteiger partial charge >= 0.3 is 5.97 Å². The Bertz CT molecular complexity index is 3370. The number of halogens is 11. The van der Waals surface area contributed by atoms with Crippen LogP contribution in [0.15, 0.2) is 72.8 Å². The molecule has 4 spiro atoms. The van der Waals surface area contributed by atoms with Crippen molar-refractivity contribution in [1.29, 1.82) is 0 Å². The molecule has 6 fully saturated rings.